The lowest BCUT2D eigenvalue weighted by atomic mass is 9.98. The lowest BCUT2D eigenvalue weighted by molar-refractivity contribution is -0.133. The van der Waals surface area contributed by atoms with E-state index in [2.05, 4.69) is 21.3 Å². The Morgan fingerprint density at radius 1 is 0.646 bits per heavy atom. The van der Waals surface area contributed by atoms with Crippen LogP contribution in [0.2, 0.25) is 0 Å². The van der Waals surface area contributed by atoms with Gasteiger partial charge in [-0.05, 0) is 54.6 Å². The van der Waals surface area contributed by atoms with Crippen LogP contribution in [0.4, 0.5) is 8.68 Å². The number of rotatable bonds is 19. The van der Waals surface area contributed by atoms with Gasteiger partial charge in [0, 0.05) is 6.54 Å². The maximum atomic E-state index is 14.2. The second-order valence-corrected chi connectivity index (χ2v) is 14.9. The summed E-state index contributed by atoms with van der Waals surface area (Å²) in [7, 11) is -5.00. The lowest BCUT2D eigenvalue weighted by Gasteiger charge is -2.27. The Bertz CT molecular complexity index is 1420. The van der Waals surface area contributed by atoms with Crippen molar-refractivity contribution in [3.63, 3.8) is 0 Å². The number of hydrogen-bond acceptors (Lipinski definition) is 7. The van der Waals surface area contributed by atoms with Crippen LogP contribution in [0.1, 0.15) is 71.9 Å². The number of ether oxygens (including phenoxy) is 1. The zero-order valence-corrected chi connectivity index (χ0v) is 29.5. The Hall–Kier alpha value is -4.00. The largest absolute Gasteiger partial charge is 0.445 e. The van der Waals surface area contributed by atoms with E-state index in [0.717, 1.165) is 5.56 Å². The van der Waals surface area contributed by atoms with Crippen LogP contribution in [0.3, 0.4) is 0 Å². The lowest BCUT2D eigenvalue weighted by Crippen LogP contribution is -2.57. The van der Waals surface area contributed by atoms with Crippen molar-refractivity contribution in [2.45, 2.75) is 97.2 Å². The van der Waals surface area contributed by atoms with Gasteiger partial charge in [-0.1, -0.05) is 102 Å². The number of benzene rings is 2. The van der Waals surface area contributed by atoms with Gasteiger partial charge in [0.05, 0.1) is 0 Å². The Balaban J connectivity index is 2.14. The van der Waals surface area contributed by atoms with Gasteiger partial charge in [0.25, 0.3) is 0 Å². The second-order valence-electron chi connectivity index (χ2n) is 13.3. The van der Waals surface area contributed by atoms with Crippen LogP contribution in [0, 0.1) is 17.8 Å². The predicted molar refractivity (Wildman–Crippen MR) is 183 cm³/mol. The number of carbonyl (C=O) groups excluding carboxylic acids is 4. The molecule has 0 aliphatic heterocycles. The van der Waals surface area contributed by atoms with E-state index in [-0.39, 0.29) is 50.0 Å². The van der Waals surface area contributed by atoms with Gasteiger partial charge >= 0.3 is 16.3 Å². The highest BCUT2D eigenvalue weighted by Gasteiger charge is 2.32. The Labute approximate surface area is 284 Å². The molecule has 0 aliphatic carbocycles. The first-order valence-corrected chi connectivity index (χ1v) is 17.8. The molecule has 0 fully saturated rings. The van der Waals surface area contributed by atoms with E-state index in [1.807, 2.05) is 59.7 Å². The van der Waals surface area contributed by atoms with Gasteiger partial charge < -0.3 is 26.0 Å². The minimum Gasteiger partial charge on any atom is -0.445 e. The molecule has 2 rings (SSSR count). The molecular formula is C35H51FN4O7S. The third kappa shape index (κ3) is 15.3. The molecule has 2 aromatic rings. The quantitative estimate of drug-likeness (QED) is 0.159. The molecule has 48 heavy (non-hydrogen) atoms. The van der Waals surface area contributed by atoms with Crippen molar-refractivity contribution in [3.05, 3.63) is 71.8 Å². The van der Waals surface area contributed by atoms with Gasteiger partial charge in [0.15, 0.2) is 0 Å². The van der Waals surface area contributed by atoms with Gasteiger partial charge in [-0.2, -0.15) is 8.42 Å². The van der Waals surface area contributed by atoms with E-state index >= 15 is 0 Å². The van der Waals surface area contributed by atoms with Crippen LogP contribution >= 0.6 is 0 Å². The normalized spacial score (nSPS) is 14.1. The molecule has 0 saturated heterocycles. The van der Waals surface area contributed by atoms with E-state index in [1.54, 1.807) is 42.5 Å². The number of hydrogen-bond donors (Lipinski definition) is 4. The van der Waals surface area contributed by atoms with Crippen molar-refractivity contribution in [1.29, 1.82) is 0 Å². The number of nitrogens with one attached hydrogen (secondary N) is 4. The van der Waals surface area contributed by atoms with Crippen molar-refractivity contribution >= 4 is 34.0 Å². The molecule has 0 spiro atoms. The summed E-state index contributed by atoms with van der Waals surface area (Å²) in [4.78, 5) is 53.0. The van der Waals surface area contributed by atoms with E-state index in [4.69, 9.17) is 4.74 Å². The fraction of sp³-hybridized carbons (Fsp3) is 0.543. The van der Waals surface area contributed by atoms with E-state index < -0.39 is 64.0 Å². The summed E-state index contributed by atoms with van der Waals surface area (Å²) in [6.45, 7) is 10.8. The molecule has 4 atom stereocenters. The highest BCUT2D eigenvalue weighted by molar-refractivity contribution is 7.87. The maximum absolute atomic E-state index is 14.2. The van der Waals surface area contributed by atoms with Gasteiger partial charge in [-0.3, -0.25) is 14.4 Å². The summed E-state index contributed by atoms with van der Waals surface area (Å²) in [5.74, 6) is -1.93. The summed E-state index contributed by atoms with van der Waals surface area (Å²) in [6.07, 6.45) is -0.202. The van der Waals surface area contributed by atoms with Crippen LogP contribution < -0.4 is 21.3 Å². The second kappa shape index (κ2) is 19.7. The molecule has 4 amide bonds. The highest BCUT2D eigenvalue weighted by atomic mass is 32.3. The summed E-state index contributed by atoms with van der Waals surface area (Å²) >= 11 is 0. The third-order valence-electron chi connectivity index (χ3n) is 7.42. The number of carbonyl (C=O) groups is 4. The minimum absolute atomic E-state index is 0.0185. The first kappa shape index (κ1) is 40.2. The SMILES string of the molecule is CC(C)C[C@H](NC(=O)OCc1ccccc1)C(=O)N[C@@H](CC(C)C)C(=O)N[C@@H](CC(C)C)C(=O)NC[C@H](Cc1ccccc1)S(=O)(=O)F. The summed E-state index contributed by atoms with van der Waals surface area (Å²) in [6, 6.07) is 14.5. The standard InChI is InChI=1S/C35H51FN4O7S/c1-23(2)17-29(32(41)37-21-28(48(36,45)46)20-26-13-9-7-10-14-26)38-33(42)30(18-24(3)4)39-34(43)31(19-25(5)6)40-35(44)47-22-27-15-11-8-12-16-27/h7-16,23-25,28-31H,17-22H2,1-6H3,(H,37,41)(H,38,42)(H,39,43)(H,40,44)/t28-,29-,30-,31-/m0/s1. The van der Waals surface area contributed by atoms with E-state index in [9.17, 15) is 31.5 Å². The molecule has 0 radical (unpaired) electrons. The summed E-state index contributed by atoms with van der Waals surface area (Å²) < 4.78 is 43.3. The first-order chi connectivity index (χ1) is 22.5. The van der Waals surface area contributed by atoms with Gasteiger partial charge in [-0.15, -0.1) is 3.89 Å². The average molecular weight is 691 g/mol. The van der Waals surface area contributed by atoms with Crippen molar-refractivity contribution < 1.29 is 36.2 Å². The zero-order valence-electron chi connectivity index (χ0n) is 28.7. The zero-order chi connectivity index (χ0) is 35.9. The highest BCUT2D eigenvalue weighted by Crippen LogP contribution is 2.14. The summed E-state index contributed by atoms with van der Waals surface area (Å²) in [5.41, 5.74) is 1.37. The Morgan fingerprint density at radius 3 is 1.50 bits per heavy atom. The smallest absolute Gasteiger partial charge is 0.408 e. The van der Waals surface area contributed by atoms with Crippen molar-refractivity contribution in [1.82, 2.24) is 21.3 Å². The topological polar surface area (TPSA) is 160 Å². The maximum Gasteiger partial charge on any atom is 0.408 e. The fourth-order valence-electron chi connectivity index (χ4n) is 5.05. The van der Waals surface area contributed by atoms with Crippen LogP contribution in [0.15, 0.2) is 60.7 Å². The molecule has 0 aromatic heterocycles. The number of amides is 4. The fourth-order valence-corrected chi connectivity index (χ4v) is 5.72. The molecule has 0 saturated carbocycles. The van der Waals surface area contributed by atoms with Gasteiger partial charge in [0.1, 0.15) is 30.0 Å². The molecule has 2 aromatic carbocycles. The molecule has 0 heterocycles. The van der Waals surface area contributed by atoms with Gasteiger partial charge in [0.2, 0.25) is 17.7 Å². The predicted octanol–water partition coefficient (Wildman–Crippen LogP) is 4.42. The van der Waals surface area contributed by atoms with Crippen molar-refractivity contribution in [3.8, 4) is 0 Å². The molecule has 0 bridgehead atoms. The number of alkyl carbamates (subject to hydrolysis) is 1. The van der Waals surface area contributed by atoms with Crippen molar-refractivity contribution in [2.75, 3.05) is 6.54 Å². The molecule has 13 heteroatoms. The molecule has 0 aliphatic rings. The van der Waals surface area contributed by atoms with Crippen LogP contribution in [-0.4, -0.2) is 62.2 Å². The summed E-state index contributed by atoms with van der Waals surface area (Å²) in [5, 5.41) is 9.05. The minimum atomic E-state index is -5.00. The molecule has 0 unspecified atom stereocenters. The Morgan fingerprint density at radius 2 is 1.06 bits per heavy atom. The first-order valence-electron chi connectivity index (χ1n) is 16.4. The molecule has 11 nitrogen and oxygen atoms in total. The van der Waals surface area contributed by atoms with Gasteiger partial charge in [-0.25, -0.2) is 4.79 Å². The van der Waals surface area contributed by atoms with Crippen LogP contribution in [0.25, 0.3) is 0 Å². The molecule has 266 valence electrons. The van der Waals surface area contributed by atoms with Crippen LogP contribution in [-0.2, 0) is 42.4 Å². The Kier molecular flexibility index (Phi) is 16.5. The van der Waals surface area contributed by atoms with Crippen molar-refractivity contribution in [2.24, 2.45) is 17.8 Å². The third-order valence-corrected chi connectivity index (χ3v) is 8.55. The van der Waals surface area contributed by atoms with Crippen LogP contribution in [0.5, 0.6) is 0 Å². The average Bonchev–Trinajstić information content (AvgIpc) is 3.00. The van der Waals surface area contributed by atoms with E-state index in [0.29, 0.717) is 5.56 Å². The molecular weight excluding hydrogens is 639 g/mol. The monoisotopic (exact) mass is 690 g/mol. The van der Waals surface area contributed by atoms with E-state index in [1.165, 1.54) is 0 Å². The molecule has 4 N–H and O–H groups in total. The number of halogens is 1.